The van der Waals surface area contributed by atoms with Crippen LogP contribution in [0.4, 0.5) is 0 Å². The third-order valence-electron chi connectivity index (χ3n) is 5.38. The maximum absolute atomic E-state index is 12.7. The first-order valence-corrected chi connectivity index (χ1v) is 11.6. The summed E-state index contributed by atoms with van der Waals surface area (Å²) >= 11 is 1.58. The molecule has 31 heavy (non-hydrogen) atoms. The molecule has 0 saturated heterocycles. The van der Waals surface area contributed by atoms with E-state index < -0.39 is 0 Å². The number of benzene rings is 2. The van der Waals surface area contributed by atoms with E-state index in [1.165, 1.54) is 5.56 Å². The molecule has 1 amide bonds. The first kappa shape index (κ1) is 23.0. The average molecular weight is 438 g/mol. The second kappa shape index (κ2) is 11.1. The van der Waals surface area contributed by atoms with E-state index in [1.54, 1.807) is 18.4 Å². The number of methoxy groups -OCH3 is 1. The summed E-state index contributed by atoms with van der Waals surface area (Å²) in [5.74, 6) is 0.813. The Labute approximate surface area is 189 Å². The number of hydrogen-bond acceptors (Lipinski definition) is 5. The van der Waals surface area contributed by atoms with Crippen LogP contribution >= 0.6 is 11.3 Å². The zero-order valence-corrected chi connectivity index (χ0v) is 19.5. The number of thiazole rings is 1. The first-order chi connectivity index (χ1) is 15.0. The Bertz CT molecular complexity index is 998. The maximum Gasteiger partial charge on any atom is 0.226 e. The highest BCUT2D eigenvalue weighted by Gasteiger charge is 2.20. The van der Waals surface area contributed by atoms with Crippen LogP contribution in [-0.2, 0) is 11.2 Å². The minimum absolute atomic E-state index is 0.0128. The molecule has 3 rings (SSSR count). The summed E-state index contributed by atoms with van der Waals surface area (Å²) in [6.45, 7) is 8.70. The van der Waals surface area contributed by atoms with E-state index in [4.69, 9.17) is 4.74 Å². The highest BCUT2D eigenvalue weighted by molar-refractivity contribution is 7.13. The summed E-state index contributed by atoms with van der Waals surface area (Å²) in [5.41, 5.74) is 4.24. The van der Waals surface area contributed by atoms with Gasteiger partial charge in [-0.15, -0.1) is 11.3 Å². The van der Waals surface area contributed by atoms with Gasteiger partial charge in [0.1, 0.15) is 10.8 Å². The molecule has 2 aromatic carbocycles. The van der Waals surface area contributed by atoms with Gasteiger partial charge in [0.15, 0.2) is 0 Å². The molecule has 0 aliphatic rings. The predicted octanol–water partition coefficient (Wildman–Crippen LogP) is 4.87. The van der Waals surface area contributed by atoms with E-state index in [-0.39, 0.29) is 18.4 Å². The standard InChI is InChI=1S/C25H31N3O2S/c1-5-28(6-2)23(19-10-8-12-22(14-19)30-4)16-26-24(29)15-21-17-31-25(27-21)20-11-7-9-18(3)13-20/h7-14,17,23H,5-6,15-16H2,1-4H3,(H,26,29). The van der Waals surface area contributed by atoms with Gasteiger partial charge in [0.2, 0.25) is 5.91 Å². The lowest BCUT2D eigenvalue weighted by Gasteiger charge is -2.30. The monoisotopic (exact) mass is 437 g/mol. The number of carbonyl (C=O) groups is 1. The van der Waals surface area contributed by atoms with Crippen molar-refractivity contribution < 1.29 is 9.53 Å². The van der Waals surface area contributed by atoms with Crippen LogP contribution in [0.25, 0.3) is 10.6 Å². The first-order valence-electron chi connectivity index (χ1n) is 10.7. The van der Waals surface area contributed by atoms with Gasteiger partial charge >= 0.3 is 0 Å². The van der Waals surface area contributed by atoms with Gasteiger partial charge in [-0.3, -0.25) is 9.69 Å². The number of nitrogens with one attached hydrogen (secondary N) is 1. The number of aryl methyl sites for hydroxylation is 1. The summed E-state index contributed by atoms with van der Waals surface area (Å²) in [6.07, 6.45) is 0.283. The maximum atomic E-state index is 12.7. The van der Waals surface area contributed by atoms with Gasteiger partial charge in [0.25, 0.3) is 0 Å². The Hall–Kier alpha value is -2.70. The van der Waals surface area contributed by atoms with Gasteiger partial charge < -0.3 is 10.1 Å². The van der Waals surface area contributed by atoms with Gasteiger partial charge in [-0.25, -0.2) is 4.98 Å². The van der Waals surface area contributed by atoms with Crippen molar-refractivity contribution in [2.45, 2.75) is 33.2 Å². The minimum atomic E-state index is -0.0128. The van der Waals surface area contributed by atoms with E-state index in [2.05, 4.69) is 60.2 Å². The highest BCUT2D eigenvalue weighted by Crippen LogP contribution is 2.25. The molecule has 1 unspecified atom stereocenters. The molecule has 0 spiro atoms. The van der Waals surface area contributed by atoms with Crippen LogP contribution in [0.5, 0.6) is 5.75 Å². The van der Waals surface area contributed by atoms with Crippen molar-refractivity contribution in [1.82, 2.24) is 15.2 Å². The van der Waals surface area contributed by atoms with Crippen LogP contribution in [0.3, 0.4) is 0 Å². The van der Waals surface area contributed by atoms with Gasteiger partial charge in [-0.05, 0) is 43.8 Å². The van der Waals surface area contributed by atoms with Crippen molar-refractivity contribution in [2.24, 2.45) is 0 Å². The molecule has 6 heteroatoms. The van der Waals surface area contributed by atoms with E-state index in [0.717, 1.165) is 40.7 Å². The summed E-state index contributed by atoms with van der Waals surface area (Å²) in [6, 6.07) is 16.4. The van der Waals surface area contributed by atoms with Gasteiger partial charge in [-0.1, -0.05) is 49.7 Å². The predicted molar refractivity (Wildman–Crippen MR) is 128 cm³/mol. The normalized spacial score (nSPS) is 12.0. The zero-order chi connectivity index (χ0) is 22.2. The summed E-state index contributed by atoms with van der Waals surface area (Å²) in [7, 11) is 1.67. The zero-order valence-electron chi connectivity index (χ0n) is 18.7. The number of hydrogen-bond donors (Lipinski definition) is 1. The van der Waals surface area contributed by atoms with Crippen molar-refractivity contribution in [1.29, 1.82) is 0 Å². The van der Waals surface area contributed by atoms with Crippen LogP contribution < -0.4 is 10.1 Å². The van der Waals surface area contributed by atoms with E-state index in [0.29, 0.717) is 6.54 Å². The number of likely N-dealkylation sites (N-methyl/N-ethyl adjacent to an activating group) is 1. The lowest BCUT2D eigenvalue weighted by atomic mass is 10.0. The van der Waals surface area contributed by atoms with Crippen molar-refractivity contribution in [3.05, 3.63) is 70.7 Å². The van der Waals surface area contributed by atoms with Crippen LogP contribution in [0.2, 0.25) is 0 Å². The molecule has 0 saturated carbocycles. The highest BCUT2D eigenvalue weighted by atomic mass is 32.1. The molecule has 0 radical (unpaired) electrons. The lowest BCUT2D eigenvalue weighted by molar-refractivity contribution is -0.120. The van der Waals surface area contributed by atoms with Crippen molar-refractivity contribution in [2.75, 3.05) is 26.7 Å². The van der Waals surface area contributed by atoms with Crippen LogP contribution in [0.15, 0.2) is 53.9 Å². The lowest BCUT2D eigenvalue weighted by Crippen LogP contribution is -2.38. The van der Waals surface area contributed by atoms with E-state index >= 15 is 0 Å². The van der Waals surface area contributed by atoms with E-state index in [1.807, 2.05) is 29.6 Å². The smallest absolute Gasteiger partial charge is 0.226 e. The fourth-order valence-electron chi connectivity index (χ4n) is 3.71. The molecular weight excluding hydrogens is 406 g/mol. The fourth-order valence-corrected chi connectivity index (χ4v) is 4.52. The van der Waals surface area contributed by atoms with Gasteiger partial charge in [0.05, 0.1) is 25.3 Å². The number of aromatic nitrogens is 1. The number of ether oxygens (including phenoxy) is 1. The molecule has 164 valence electrons. The quantitative estimate of drug-likeness (QED) is 0.492. The number of nitrogens with zero attached hydrogens (tertiary/aromatic N) is 2. The van der Waals surface area contributed by atoms with Crippen LogP contribution in [-0.4, -0.2) is 42.5 Å². The third kappa shape index (κ3) is 6.15. The number of carbonyl (C=O) groups excluding carboxylic acids is 1. The van der Waals surface area contributed by atoms with Crippen LogP contribution in [0.1, 0.15) is 36.7 Å². The fraction of sp³-hybridized carbons (Fsp3) is 0.360. The molecule has 1 heterocycles. The molecule has 0 aliphatic heterocycles. The molecule has 1 atom stereocenters. The SMILES string of the molecule is CCN(CC)C(CNC(=O)Cc1csc(-c2cccc(C)c2)n1)c1cccc(OC)c1. The average Bonchev–Trinajstić information content (AvgIpc) is 3.25. The molecule has 0 aliphatic carbocycles. The second-order valence-electron chi connectivity index (χ2n) is 7.51. The van der Waals surface area contributed by atoms with Crippen molar-refractivity contribution in [3.8, 4) is 16.3 Å². The third-order valence-corrected chi connectivity index (χ3v) is 6.32. The summed E-state index contributed by atoms with van der Waals surface area (Å²) in [4.78, 5) is 19.7. The second-order valence-corrected chi connectivity index (χ2v) is 8.37. The minimum Gasteiger partial charge on any atom is -0.497 e. The Morgan fingerprint density at radius 2 is 1.94 bits per heavy atom. The molecule has 0 bridgehead atoms. The molecule has 1 N–H and O–H groups in total. The largest absolute Gasteiger partial charge is 0.497 e. The number of amides is 1. The van der Waals surface area contributed by atoms with Crippen molar-refractivity contribution >= 4 is 17.2 Å². The Morgan fingerprint density at radius 1 is 1.16 bits per heavy atom. The van der Waals surface area contributed by atoms with E-state index in [9.17, 15) is 4.79 Å². The Kier molecular flexibility index (Phi) is 8.20. The Balaban J connectivity index is 1.65. The molecule has 0 fully saturated rings. The molecule has 5 nitrogen and oxygen atoms in total. The molecular formula is C25H31N3O2S. The van der Waals surface area contributed by atoms with Crippen molar-refractivity contribution in [3.63, 3.8) is 0 Å². The molecule has 3 aromatic rings. The summed E-state index contributed by atoms with van der Waals surface area (Å²) in [5, 5.41) is 6.04. The van der Waals surface area contributed by atoms with Gasteiger partial charge in [0, 0.05) is 17.5 Å². The Morgan fingerprint density at radius 3 is 2.65 bits per heavy atom. The topological polar surface area (TPSA) is 54.5 Å². The van der Waals surface area contributed by atoms with Gasteiger partial charge in [-0.2, -0.15) is 0 Å². The number of rotatable bonds is 10. The summed E-state index contributed by atoms with van der Waals surface area (Å²) < 4.78 is 5.39. The van der Waals surface area contributed by atoms with Crippen LogP contribution in [0, 0.1) is 6.92 Å². The molecule has 1 aromatic heterocycles.